The Bertz CT molecular complexity index is 443. The van der Waals surface area contributed by atoms with Gasteiger partial charge >= 0.3 is 0 Å². The van der Waals surface area contributed by atoms with Crippen LogP contribution in [0.1, 0.15) is 19.9 Å². The van der Waals surface area contributed by atoms with Gasteiger partial charge in [0.1, 0.15) is 0 Å². The molecule has 0 N–H and O–H groups in total. The summed E-state index contributed by atoms with van der Waals surface area (Å²) in [6.07, 6.45) is 3.98. The minimum absolute atomic E-state index is 0.411. The molecule has 0 saturated carbocycles. The molecule has 1 aromatic heterocycles. The lowest BCUT2D eigenvalue weighted by atomic mass is 10.1. The van der Waals surface area contributed by atoms with Crippen molar-refractivity contribution in [1.82, 2.24) is 9.78 Å². The second-order valence-electron chi connectivity index (χ2n) is 3.81. The van der Waals surface area contributed by atoms with E-state index in [0.29, 0.717) is 6.04 Å². The van der Waals surface area contributed by atoms with E-state index in [-0.39, 0.29) is 0 Å². The molecule has 0 amide bonds. The molecule has 3 heteroatoms. The quantitative estimate of drug-likeness (QED) is 0.805. The molecule has 78 valence electrons. The molecular weight excluding hydrogens is 252 g/mol. The van der Waals surface area contributed by atoms with Crippen molar-refractivity contribution in [2.45, 2.75) is 19.9 Å². The van der Waals surface area contributed by atoms with Crippen LogP contribution >= 0.6 is 15.9 Å². The third kappa shape index (κ3) is 2.29. The van der Waals surface area contributed by atoms with Crippen LogP contribution in [0.3, 0.4) is 0 Å². The summed E-state index contributed by atoms with van der Waals surface area (Å²) in [5.74, 6) is 0. The summed E-state index contributed by atoms with van der Waals surface area (Å²) >= 11 is 3.43. The number of halogens is 1. The monoisotopic (exact) mass is 264 g/mol. The molecule has 2 nitrogen and oxygen atoms in total. The van der Waals surface area contributed by atoms with Crippen molar-refractivity contribution in [1.29, 1.82) is 0 Å². The molecule has 0 saturated heterocycles. The van der Waals surface area contributed by atoms with Gasteiger partial charge in [-0.3, -0.25) is 4.68 Å². The van der Waals surface area contributed by atoms with Crippen molar-refractivity contribution in [2.24, 2.45) is 0 Å². The van der Waals surface area contributed by atoms with Crippen LogP contribution < -0.4 is 0 Å². The van der Waals surface area contributed by atoms with Gasteiger partial charge in [0.25, 0.3) is 0 Å². The maximum atomic E-state index is 4.32. The van der Waals surface area contributed by atoms with Crippen LogP contribution in [0, 0.1) is 0 Å². The fourth-order valence-electron chi connectivity index (χ4n) is 1.41. The third-order valence-electron chi connectivity index (χ3n) is 2.31. The SMILES string of the molecule is CC(C)n1cc(-c2ccc(Br)cc2)cn1. The van der Waals surface area contributed by atoms with E-state index in [9.17, 15) is 0 Å². The highest BCUT2D eigenvalue weighted by molar-refractivity contribution is 9.10. The van der Waals surface area contributed by atoms with Crippen molar-refractivity contribution < 1.29 is 0 Å². The van der Waals surface area contributed by atoms with Crippen molar-refractivity contribution in [3.63, 3.8) is 0 Å². The van der Waals surface area contributed by atoms with E-state index in [1.165, 1.54) is 5.56 Å². The Kier molecular flexibility index (Phi) is 2.91. The number of aromatic nitrogens is 2. The van der Waals surface area contributed by atoms with Crippen LogP contribution in [0.4, 0.5) is 0 Å². The van der Waals surface area contributed by atoms with Crippen LogP contribution in [0.5, 0.6) is 0 Å². The van der Waals surface area contributed by atoms with Crippen molar-refractivity contribution in [3.8, 4) is 11.1 Å². The number of hydrogen-bond acceptors (Lipinski definition) is 1. The van der Waals surface area contributed by atoms with Crippen molar-refractivity contribution in [2.75, 3.05) is 0 Å². The molecule has 1 aromatic carbocycles. The van der Waals surface area contributed by atoms with E-state index in [1.54, 1.807) is 0 Å². The third-order valence-corrected chi connectivity index (χ3v) is 2.84. The molecule has 0 aliphatic carbocycles. The largest absolute Gasteiger partial charge is 0.270 e. The molecule has 2 aromatic rings. The summed E-state index contributed by atoms with van der Waals surface area (Å²) in [5.41, 5.74) is 2.36. The Morgan fingerprint density at radius 3 is 2.33 bits per heavy atom. The predicted molar refractivity (Wildman–Crippen MR) is 65.7 cm³/mol. The molecule has 2 rings (SSSR count). The fraction of sp³-hybridized carbons (Fsp3) is 0.250. The van der Waals surface area contributed by atoms with Crippen molar-refractivity contribution >= 4 is 15.9 Å². The molecule has 0 unspecified atom stereocenters. The van der Waals surface area contributed by atoms with Crippen LogP contribution in [0.15, 0.2) is 41.1 Å². The molecule has 0 bridgehead atoms. The minimum Gasteiger partial charge on any atom is -0.270 e. The summed E-state index contributed by atoms with van der Waals surface area (Å²) in [7, 11) is 0. The van der Waals surface area contributed by atoms with Gasteiger partial charge in [-0.2, -0.15) is 5.10 Å². The maximum absolute atomic E-state index is 4.32. The lowest BCUT2D eigenvalue weighted by molar-refractivity contribution is 0.532. The van der Waals surface area contributed by atoms with E-state index in [1.807, 2.05) is 23.0 Å². The molecule has 0 fully saturated rings. The number of rotatable bonds is 2. The number of benzene rings is 1. The topological polar surface area (TPSA) is 17.8 Å². The van der Waals surface area contributed by atoms with E-state index >= 15 is 0 Å². The van der Waals surface area contributed by atoms with Gasteiger partial charge < -0.3 is 0 Å². The fourth-order valence-corrected chi connectivity index (χ4v) is 1.68. The average molecular weight is 265 g/mol. The first-order chi connectivity index (χ1) is 7.16. The van der Waals surface area contributed by atoms with Crippen molar-refractivity contribution in [3.05, 3.63) is 41.1 Å². The first-order valence-corrected chi connectivity index (χ1v) is 5.76. The zero-order valence-electron chi connectivity index (χ0n) is 8.81. The standard InChI is InChI=1S/C12H13BrN2/c1-9(2)15-8-11(7-14-15)10-3-5-12(13)6-4-10/h3-9H,1-2H3. The van der Waals surface area contributed by atoms with Gasteiger partial charge in [0.2, 0.25) is 0 Å². The minimum atomic E-state index is 0.411. The van der Waals surface area contributed by atoms with Crippen LogP contribution in [-0.4, -0.2) is 9.78 Å². The highest BCUT2D eigenvalue weighted by Gasteiger charge is 2.03. The Labute approximate surface area is 98.1 Å². The summed E-state index contributed by atoms with van der Waals surface area (Å²) in [4.78, 5) is 0. The average Bonchev–Trinajstić information content (AvgIpc) is 2.68. The maximum Gasteiger partial charge on any atom is 0.0568 e. The predicted octanol–water partition coefficient (Wildman–Crippen LogP) is 3.89. The second-order valence-corrected chi connectivity index (χ2v) is 4.73. The Morgan fingerprint density at radius 2 is 1.80 bits per heavy atom. The molecule has 0 spiro atoms. The van der Waals surface area contributed by atoms with E-state index < -0.39 is 0 Å². The number of hydrogen-bond donors (Lipinski definition) is 0. The smallest absolute Gasteiger partial charge is 0.0568 e. The Morgan fingerprint density at radius 1 is 1.13 bits per heavy atom. The van der Waals surface area contributed by atoms with Gasteiger partial charge in [-0.05, 0) is 31.5 Å². The molecule has 0 radical (unpaired) electrons. The molecule has 1 heterocycles. The first kappa shape index (κ1) is 10.4. The highest BCUT2D eigenvalue weighted by atomic mass is 79.9. The van der Waals surface area contributed by atoms with Crippen LogP contribution in [-0.2, 0) is 0 Å². The molecular formula is C12H13BrN2. The Hall–Kier alpha value is -1.09. The molecule has 15 heavy (non-hydrogen) atoms. The van der Waals surface area contributed by atoms with Crippen LogP contribution in [0.2, 0.25) is 0 Å². The summed E-state index contributed by atoms with van der Waals surface area (Å²) in [6, 6.07) is 8.68. The second kappa shape index (κ2) is 4.19. The van der Waals surface area contributed by atoms with Crippen LogP contribution in [0.25, 0.3) is 11.1 Å². The van der Waals surface area contributed by atoms with Gasteiger partial charge in [-0.25, -0.2) is 0 Å². The normalized spacial score (nSPS) is 10.9. The molecule has 0 aliphatic heterocycles. The van der Waals surface area contributed by atoms with Gasteiger partial charge in [0.05, 0.1) is 6.20 Å². The number of nitrogens with zero attached hydrogens (tertiary/aromatic N) is 2. The van der Waals surface area contributed by atoms with Gasteiger partial charge in [-0.15, -0.1) is 0 Å². The lowest BCUT2D eigenvalue weighted by Gasteiger charge is -2.03. The van der Waals surface area contributed by atoms with E-state index in [4.69, 9.17) is 0 Å². The summed E-state index contributed by atoms with van der Waals surface area (Å²) < 4.78 is 3.07. The van der Waals surface area contributed by atoms with E-state index in [2.05, 4.69) is 53.2 Å². The Balaban J connectivity index is 2.33. The zero-order chi connectivity index (χ0) is 10.8. The first-order valence-electron chi connectivity index (χ1n) is 4.97. The molecule has 0 atom stereocenters. The van der Waals surface area contributed by atoms with Gasteiger partial charge in [-0.1, -0.05) is 28.1 Å². The highest BCUT2D eigenvalue weighted by Crippen LogP contribution is 2.21. The zero-order valence-corrected chi connectivity index (χ0v) is 10.4. The summed E-state index contributed by atoms with van der Waals surface area (Å²) in [5, 5.41) is 4.32. The summed E-state index contributed by atoms with van der Waals surface area (Å²) in [6.45, 7) is 4.25. The van der Waals surface area contributed by atoms with Gasteiger partial charge in [0.15, 0.2) is 0 Å². The lowest BCUT2D eigenvalue weighted by Crippen LogP contribution is -1.99. The van der Waals surface area contributed by atoms with E-state index in [0.717, 1.165) is 10.0 Å². The van der Waals surface area contributed by atoms with Gasteiger partial charge in [0, 0.05) is 22.3 Å². The molecule has 0 aliphatic rings.